The highest BCUT2D eigenvalue weighted by molar-refractivity contribution is 5.89. The summed E-state index contributed by atoms with van der Waals surface area (Å²) in [5.74, 6) is 1.12. The van der Waals surface area contributed by atoms with Gasteiger partial charge in [0.2, 0.25) is 5.75 Å². The third-order valence-electron chi connectivity index (χ3n) is 9.54. The van der Waals surface area contributed by atoms with Gasteiger partial charge >= 0.3 is 5.63 Å². The number of aryl methyl sites for hydroxylation is 1. The lowest BCUT2D eigenvalue weighted by atomic mass is 9.92. The fourth-order valence-corrected chi connectivity index (χ4v) is 6.43. The number of aromatic nitrogens is 3. The maximum absolute atomic E-state index is 12.5. The number of methoxy groups -OCH3 is 1. The molecule has 4 rings (SSSR count). The van der Waals surface area contributed by atoms with Crippen molar-refractivity contribution in [2.45, 2.75) is 118 Å². The first-order chi connectivity index (χ1) is 21.2. The molecule has 1 aliphatic heterocycles. The predicted molar refractivity (Wildman–Crippen MR) is 175 cm³/mol. The molecule has 10 heteroatoms. The van der Waals surface area contributed by atoms with Gasteiger partial charge in [0.25, 0.3) is 0 Å². The molecule has 0 radical (unpaired) electrons. The van der Waals surface area contributed by atoms with E-state index in [-0.39, 0.29) is 22.6 Å². The number of quaternary nitrogens is 1. The molecule has 2 aromatic heterocycles. The Labute approximate surface area is 280 Å². The first kappa shape index (κ1) is 37.0. The molecule has 0 bridgehead atoms. The largest absolute Gasteiger partial charge is 1.00 e. The second kappa shape index (κ2) is 17.5. The van der Waals surface area contributed by atoms with Crippen LogP contribution in [0.5, 0.6) is 11.5 Å². The molecule has 0 atom stereocenters. The van der Waals surface area contributed by atoms with Crippen molar-refractivity contribution in [1.82, 2.24) is 15.0 Å². The van der Waals surface area contributed by atoms with Crippen molar-refractivity contribution in [3.63, 3.8) is 0 Å². The Morgan fingerprint density at radius 3 is 2.31 bits per heavy atom. The van der Waals surface area contributed by atoms with Crippen LogP contribution in [0.2, 0.25) is 0 Å². The predicted octanol–water partition coefficient (Wildman–Crippen LogP) is 4.06. The summed E-state index contributed by atoms with van der Waals surface area (Å²) < 4.78 is 26.5. The van der Waals surface area contributed by atoms with Gasteiger partial charge in [0.1, 0.15) is 11.3 Å². The Balaban J connectivity index is 0.00000552. The molecule has 0 N–H and O–H groups in total. The average Bonchev–Trinajstić information content (AvgIpc) is 3.45. The van der Waals surface area contributed by atoms with Crippen molar-refractivity contribution in [1.29, 1.82) is 0 Å². The Morgan fingerprint density at radius 1 is 0.978 bits per heavy atom. The van der Waals surface area contributed by atoms with Gasteiger partial charge in [-0.1, -0.05) is 37.3 Å². The van der Waals surface area contributed by atoms with Crippen LogP contribution < -0.4 is 32.1 Å². The van der Waals surface area contributed by atoms with Crippen molar-refractivity contribution in [2.24, 2.45) is 0 Å². The molecule has 252 valence electrons. The van der Waals surface area contributed by atoms with Crippen LogP contribution in [-0.4, -0.2) is 65.0 Å². The topological polar surface area (TPSA) is 88.6 Å². The van der Waals surface area contributed by atoms with E-state index in [2.05, 4.69) is 51.0 Å². The van der Waals surface area contributed by atoms with Gasteiger partial charge in [0, 0.05) is 18.1 Å². The van der Waals surface area contributed by atoms with Crippen LogP contribution in [0.4, 0.5) is 0 Å². The number of hydrogen-bond acceptors (Lipinski definition) is 7. The Hall–Kier alpha value is -2.43. The molecular weight excluding hydrogens is 636 g/mol. The minimum absolute atomic E-state index is 0. The first-order valence-corrected chi connectivity index (χ1v) is 16.9. The number of ether oxygens (including phenoxy) is 3. The van der Waals surface area contributed by atoms with E-state index >= 15 is 0 Å². The van der Waals surface area contributed by atoms with Crippen molar-refractivity contribution in [3.8, 4) is 11.5 Å². The van der Waals surface area contributed by atoms with Gasteiger partial charge in [-0.25, -0.2) is 9.48 Å². The van der Waals surface area contributed by atoms with Crippen LogP contribution in [0.1, 0.15) is 109 Å². The van der Waals surface area contributed by atoms with Gasteiger partial charge in [-0.3, -0.25) is 0 Å². The van der Waals surface area contributed by atoms with Gasteiger partial charge in [-0.2, -0.15) is 0 Å². The molecule has 0 aliphatic carbocycles. The SMILES string of the molecule is CC[N+](CC)(CC)CCCCCCCCCCOCc1cn(Cc2cc(=O)oc3c(OC)c4c(cc23)CCC(C)(C)O4)nn1.[Br-]. The summed E-state index contributed by atoms with van der Waals surface area (Å²) in [5, 5.41) is 9.40. The molecule has 1 aromatic carbocycles. The second-order valence-corrected chi connectivity index (χ2v) is 13.0. The summed E-state index contributed by atoms with van der Waals surface area (Å²) in [7, 11) is 1.58. The lowest BCUT2D eigenvalue weighted by molar-refractivity contribution is -0.923. The molecule has 3 heterocycles. The molecule has 0 spiro atoms. The van der Waals surface area contributed by atoms with Crippen molar-refractivity contribution >= 4 is 11.0 Å². The van der Waals surface area contributed by atoms with E-state index in [9.17, 15) is 4.79 Å². The molecule has 0 saturated heterocycles. The quantitative estimate of drug-likeness (QED) is 0.107. The summed E-state index contributed by atoms with van der Waals surface area (Å²) >= 11 is 0. The van der Waals surface area contributed by atoms with Crippen LogP contribution in [0.25, 0.3) is 11.0 Å². The Morgan fingerprint density at radius 2 is 1.64 bits per heavy atom. The van der Waals surface area contributed by atoms with Crippen LogP contribution in [0, 0.1) is 0 Å². The summed E-state index contributed by atoms with van der Waals surface area (Å²) in [6.07, 6.45) is 13.9. The molecule has 9 nitrogen and oxygen atoms in total. The average molecular weight is 692 g/mol. The molecule has 1 aliphatic rings. The minimum atomic E-state index is -0.439. The standard InChI is InChI=1S/C35H55N4O5.BrH/c1-7-39(8-2,9-3)20-16-14-12-10-11-13-15-17-21-42-26-29-25-38(37-36-29)24-28-23-31(40)43-33-30(28)22-27-18-19-35(4,5)44-32(27)34(33)41-6;/h22-23,25H,7-21,24,26H2,1-6H3;1H/q+1;/p-1. The smallest absolute Gasteiger partial charge is 0.336 e. The van der Waals surface area contributed by atoms with Gasteiger partial charge in [-0.05, 0) is 83.9 Å². The normalized spacial score (nSPS) is 14.2. The summed E-state index contributed by atoms with van der Waals surface area (Å²) in [4.78, 5) is 12.5. The highest BCUT2D eigenvalue weighted by Gasteiger charge is 2.31. The number of halogens is 1. The monoisotopic (exact) mass is 690 g/mol. The molecule has 45 heavy (non-hydrogen) atoms. The summed E-state index contributed by atoms with van der Waals surface area (Å²) in [6.45, 7) is 17.7. The fourth-order valence-electron chi connectivity index (χ4n) is 6.43. The number of benzene rings is 1. The Bertz CT molecular complexity index is 1390. The third-order valence-corrected chi connectivity index (χ3v) is 9.54. The van der Waals surface area contributed by atoms with Crippen molar-refractivity contribution < 1.29 is 40.1 Å². The number of rotatable bonds is 19. The summed E-state index contributed by atoms with van der Waals surface area (Å²) in [5.41, 5.74) is 2.28. The van der Waals surface area contributed by atoms with E-state index in [0.29, 0.717) is 30.2 Å². The van der Waals surface area contributed by atoms with Crippen LogP contribution >= 0.6 is 0 Å². The highest BCUT2D eigenvalue weighted by Crippen LogP contribution is 2.45. The Kier molecular flexibility index (Phi) is 14.4. The molecular formula is C35H55BrN4O5. The minimum Gasteiger partial charge on any atom is -1.00 e. The first-order valence-electron chi connectivity index (χ1n) is 16.9. The van der Waals surface area contributed by atoms with E-state index in [0.717, 1.165) is 48.1 Å². The zero-order chi connectivity index (χ0) is 31.6. The van der Waals surface area contributed by atoms with Crippen LogP contribution in [0.15, 0.2) is 27.5 Å². The van der Waals surface area contributed by atoms with E-state index in [1.54, 1.807) is 11.8 Å². The molecule has 0 unspecified atom stereocenters. The number of nitrogens with zero attached hydrogens (tertiary/aromatic N) is 4. The third kappa shape index (κ3) is 10.0. The van der Waals surface area contributed by atoms with Crippen LogP contribution in [-0.2, 0) is 24.3 Å². The van der Waals surface area contributed by atoms with Gasteiger partial charge < -0.3 is 40.1 Å². The van der Waals surface area contributed by atoms with E-state index in [1.165, 1.54) is 81.7 Å². The maximum Gasteiger partial charge on any atom is 0.336 e. The number of unbranched alkanes of at least 4 members (excludes halogenated alkanes) is 7. The van der Waals surface area contributed by atoms with E-state index in [4.69, 9.17) is 18.6 Å². The molecule has 0 fully saturated rings. The molecule has 0 saturated carbocycles. The molecule has 0 amide bonds. The lowest BCUT2D eigenvalue weighted by Gasteiger charge is -2.35. The van der Waals surface area contributed by atoms with Crippen LogP contribution in [0.3, 0.4) is 0 Å². The highest BCUT2D eigenvalue weighted by atomic mass is 79.9. The number of hydrogen-bond donors (Lipinski definition) is 0. The number of fused-ring (bicyclic) bond motifs is 2. The zero-order valence-electron chi connectivity index (χ0n) is 28.5. The molecule has 3 aromatic rings. The van der Waals surface area contributed by atoms with Gasteiger partial charge in [-0.15, -0.1) is 5.10 Å². The van der Waals surface area contributed by atoms with Crippen molar-refractivity contribution in [2.75, 3.05) is 39.9 Å². The van der Waals surface area contributed by atoms with E-state index in [1.807, 2.05) is 6.20 Å². The lowest BCUT2D eigenvalue weighted by Crippen LogP contribution is -3.00. The maximum atomic E-state index is 12.5. The van der Waals surface area contributed by atoms with E-state index < -0.39 is 5.63 Å². The van der Waals surface area contributed by atoms with Gasteiger partial charge in [0.15, 0.2) is 11.3 Å². The van der Waals surface area contributed by atoms with Crippen molar-refractivity contribution in [3.05, 3.63) is 45.6 Å². The fraction of sp³-hybridized carbons (Fsp3) is 0.686. The second-order valence-electron chi connectivity index (χ2n) is 13.0. The summed E-state index contributed by atoms with van der Waals surface area (Å²) in [6, 6.07) is 3.58. The van der Waals surface area contributed by atoms with Gasteiger partial charge in [0.05, 0.1) is 52.6 Å². The zero-order valence-corrected chi connectivity index (χ0v) is 30.0.